The molecule has 0 saturated heterocycles. The van der Waals surface area contributed by atoms with Crippen molar-refractivity contribution in [1.82, 2.24) is 4.98 Å². The van der Waals surface area contributed by atoms with Crippen LogP contribution in [0.15, 0.2) is 53.6 Å². The first-order chi connectivity index (χ1) is 6.43. The number of aromatic nitrogens is 1. The zero-order valence-corrected chi connectivity index (χ0v) is 8.33. The van der Waals surface area contributed by atoms with Crippen LogP contribution < -0.4 is 0 Å². The SMILES string of the molecule is C=CCC/C=C\Sc1ccccn1. The zero-order valence-electron chi connectivity index (χ0n) is 7.52. The monoisotopic (exact) mass is 191 g/mol. The molecule has 0 atom stereocenters. The van der Waals surface area contributed by atoms with Crippen molar-refractivity contribution in [3.63, 3.8) is 0 Å². The van der Waals surface area contributed by atoms with E-state index in [-0.39, 0.29) is 0 Å². The third-order valence-electron chi connectivity index (χ3n) is 1.46. The Morgan fingerprint density at radius 3 is 3.00 bits per heavy atom. The summed E-state index contributed by atoms with van der Waals surface area (Å²) in [7, 11) is 0. The minimum Gasteiger partial charge on any atom is -0.250 e. The number of hydrogen-bond acceptors (Lipinski definition) is 2. The van der Waals surface area contributed by atoms with Gasteiger partial charge in [-0.2, -0.15) is 0 Å². The van der Waals surface area contributed by atoms with Crippen LogP contribution in [-0.2, 0) is 0 Å². The van der Waals surface area contributed by atoms with Crippen LogP contribution in [0.4, 0.5) is 0 Å². The maximum atomic E-state index is 4.19. The van der Waals surface area contributed by atoms with E-state index in [1.54, 1.807) is 18.0 Å². The van der Waals surface area contributed by atoms with E-state index in [0.717, 1.165) is 17.9 Å². The van der Waals surface area contributed by atoms with Gasteiger partial charge in [0.1, 0.15) is 5.03 Å². The van der Waals surface area contributed by atoms with E-state index in [0.29, 0.717) is 0 Å². The molecule has 68 valence electrons. The minimum atomic E-state index is 1.04. The van der Waals surface area contributed by atoms with Crippen molar-refractivity contribution in [2.24, 2.45) is 0 Å². The Balaban J connectivity index is 2.26. The van der Waals surface area contributed by atoms with Crippen LogP contribution in [0.2, 0.25) is 0 Å². The van der Waals surface area contributed by atoms with Gasteiger partial charge in [-0.25, -0.2) is 4.98 Å². The van der Waals surface area contributed by atoms with Gasteiger partial charge in [0.05, 0.1) is 0 Å². The predicted molar refractivity (Wildman–Crippen MR) is 58.7 cm³/mol. The molecule has 0 aliphatic carbocycles. The molecule has 1 aromatic rings. The molecular weight excluding hydrogens is 178 g/mol. The number of nitrogens with zero attached hydrogens (tertiary/aromatic N) is 1. The van der Waals surface area contributed by atoms with E-state index >= 15 is 0 Å². The van der Waals surface area contributed by atoms with Crippen molar-refractivity contribution in [2.75, 3.05) is 0 Å². The Labute approximate surface area is 83.6 Å². The highest BCUT2D eigenvalue weighted by Crippen LogP contribution is 2.15. The minimum absolute atomic E-state index is 1.04. The van der Waals surface area contributed by atoms with Gasteiger partial charge in [0, 0.05) is 6.20 Å². The van der Waals surface area contributed by atoms with Gasteiger partial charge < -0.3 is 0 Å². The Bertz CT molecular complexity index is 267. The Morgan fingerprint density at radius 1 is 1.38 bits per heavy atom. The molecule has 0 radical (unpaired) electrons. The fourth-order valence-electron chi connectivity index (χ4n) is 0.817. The van der Waals surface area contributed by atoms with Gasteiger partial charge in [-0.15, -0.1) is 6.58 Å². The van der Waals surface area contributed by atoms with Crippen LogP contribution in [0, 0.1) is 0 Å². The fraction of sp³-hybridized carbons (Fsp3) is 0.182. The number of unbranched alkanes of at least 4 members (excludes halogenated alkanes) is 1. The van der Waals surface area contributed by atoms with Crippen LogP contribution in [0.3, 0.4) is 0 Å². The molecular formula is C11H13NS. The number of pyridine rings is 1. The molecule has 1 heterocycles. The van der Waals surface area contributed by atoms with Gasteiger partial charge in [-0.05, 0) is 30.4 Å². The van der Waals surface area contributed by atoms with Crippen molar-refractivity contribution < 1.29 is 0 Å². The van der Waals surface area contributed by atoms with Crippen LogP contribution in [-0.4, -0.2) is 4.98 Å². The van der Waals surface area contributed by atoms with Crippen molar-refractivity contribution in [1.29, 1.82) is 0 Å². The number of hydrogen-bond donors (Lipinski definition) is 0. The first kappa shape index (κ1) is 10.1. The lowest BCUT2D eigenvalue weighted by Crippen LogP contribution is -1.72. The maximum Gasteiger partial charge on any atom is 0.100 e. The molecule has 0 N–H and O–H groups in total. The van der Waals surface area contributed by atoms with E-state index in [1.165, 1.54) is 0 Å². The van der Waals surface area contributed by atoms with Crippen LogP contribution in [0.25, 0.3) is 0 Å². The standard InChI is InChI=1S/C11H13NS/c1-2-3-4-7-10-13-11-8-5-6-9-12-11/h2,5-10H,1,3-4H2/b10-7-. The highest BCUT2D eigenvalue weighted by Gasteiger charge is 1.86. The zero-order chi connectivity index (χ0) is 9.36. The summed E-state index contributed by atoms with van der Waals surface area (Å²) in [6, 6.07) is 5.92. The highest BCUT2D eigenvalue weighted by molar-refractivity contribution is 8.02. The second kappa shape index (κ2) is 6.49. The average Bonchev–Trinajstić information content (AvgIpc) is 2.19. The van der Waals surface area contributed by atoms with Gasteiger partial charge in [0.2, 0.25) is 0 Å². The van der Waals surface area contributed by atoms with Gasteiger partial charge in [0.15, 0.2) is 0 Å². The Hall–Kier alpha value is -1.02. The largest absolute Gasteiger partial charge is 0.250 e. The molecule has 0 aliphatic rings. The Morgan fingerprint density at radius 2 is 2.31 bits per heavy atom. The summed E-state index contributed by atoms with van der Waals surface area (Å²) in [5.41, 5.74) is 0. The molecule has 1 rings (SSSR count). The molecule has 1 aromatic heterocycles. The lowest BCUT2D eigenvalue weighted by molar-refractivity contribution is 1.06. The summed E-state index contributed by atoms with van der Waals surface area (Å²) in [4.78, 5) is 4.19. The molecule has 0 saturated carbocycles. The number of allylic oxidation sites excluding steroid dienone is 2. The van der Waals surface area contributed by atoms with E-state index in [2.05, 4.69) is 23.0 Å². The predicted octanol–water partition coefficient (Wildman–Crippen LogP) is 3.65. The highest BCUT2D eigenvalue weighted by atomic mass is 32.2. The van der Waals surface area contributed by atoms with E-state index < -0.39 is 0 Å². The Kier molecular flexibility index (Phi) is 5.02. The van der Waals surface area contributed by atoms with E-state index in [9.17, 15) is 0 Å². The van der Waals surface area contributed by atoms with Crippen molar-refractivity contribution in [2.45, 2.75) is 17.9 Å². The molecule has 0 aromatic carbocycles. The molecule has 0 unspecified atom stereocenters. The van der Waals surface area contributed by atoms with Crippen molar-refractivity contribution >= 4 is 11.8 Å². The molecule has 0 fully saturated rings. The molecule has 0 amide bonds. The van der Waals surface area contributed by atoms with Gasteiger partial charge in [-0.1, -0.05) is 30.0 Å². The fourth-order valence-corrected chi connectivity index (χ4v) is 1.47. The second-order valence-electron chi connectivity index (χ2n) is 2.52. The van der Waals surface area contributed by atoms with Crippen molar-refractivity contribution in [3.8, 4) is 0 Å². The lowest BCUT2D eigenvalue weighted by Gasteiger charge is -1.92. The molecule has 1 nitrogen and oxygen atoms in total. The van der Waals surface area contributed by atoms with Crippen LogP contribution >= 0.6 is 11.8 Å². The van der Waals surface area contributed by atoms with Crippen LogP contribution in [0.1, 0.15) is 12.8 Å². The summed E-state index contributed by atoms with van der Waals surface area (Å²) >= 11 is 1.64. The normalized spacial score (nSPS) is 10.5. The van der Waals surface area contributed by atoms with E-state index in [4.69, 9.17) is 0 Å². The molecule has 0 spiro atoms. The number of rotatable bonds is 5. The summed E-state index contributed by atoms with van der Waals surface area (Å²) in [5, 5.41) is 3.11. The second-order valence-corrected chi connectivity index (χ2v) is 3.45. The van der Waals surface area contributed by atoms with Crippen molar-refractivity contribution in [3.05, 3.63) is 48.5 Å². The molecule has 0 aliphatic heterocycles. The molecule has 13 heavy (non-hydrogen) atoms. The first-order valence-corrected chi connectivity index (χ1v) is 5.15. The topological polar surface area (TPSA) is 12.9 Å². The molecule has 2 heteroatoms. The third kappa shape index (κ3) is 4.53. The summed E-state index contributed by atoms with van der Waals surface area (Å²) < 4.78 is 0. The summed E-state index contributed by atoms with van der Waals surface area (Å²) in [5.74, 6) is 0. The average molecular weight is 191 g/mol. The smallest absolute Gasteiger partial charge is 0.100 e. The molecule has 0 bridgehead atoms. The van der Waals surface area contributed by atoms with Gasteiger partial charge >= 0.3 is 0 Å². The first-order valence-electron chi connectivity index (χ1n) is 4.27. The van der Waals surface area contributed by atoms with E-state index in [1.807, 2.05) is 24.3 Å². The lowest BCUT2D eigenvalue weighted by atomic mass is 10.3. The quantitative estimate of drug-likeness (QED) is 0.400. The number of thioether (sulfide) groups is 1. The summed E-state index contributed by atoms with van der Waals surface area (Å²) in [6.45, 7) is 3.66. The van der Waals surface area contributed by atoms with Gasteiger partial charge in [-0.3, -0.25) is 0 Å². The van der Waals surface area contributed by atoms with Gasteiger partial charge in [0.25, 0.3) is 0 Å². The maximum absolute atomic E-state index is 4.19. The third-order valence-corrected chi connectivity index (χ3v) is 2.27. The summed E-state index contributed by atoms with van der Waals surface area (Å²) in [6.07, 6.45) is 7.97. The van der Waals surface area contributed by atoms with Crippen LogP contribution in [0.5, 0.6) is 0 Å².